The standard InChI is InChI=1S/C13H16O2/c1-10-7-12(8-14)5-6-13(10)15-9-11-3-2-4-11/h5-8,11H,2-4,9H2,1H3. The van der Waals surface area contributed by atoms with Gasteiger partial charge in [-0.1, -0.05) is 6.42 Å². The highest BCUT2D eigenvalue weighted by Gasteiger charge is 2.18. The molecule has 1 aliphatic carbocycles. The van der Waals surface area contributed by atoms with Gasteiger partial charge in [0.25, 0.3) is 0 Å². The number of carbonyl (C=O) groups excluding carboxylic acids is 1. The number of aryl methyl sites for hydroxylation is 1. The van der Waals surface area contributed by atoms with Gasteiger partial charge in [-0.15, -0.1) is 0 Å². The van der Waals surface area contributed by atoms with Gasteiger partial charge in [0, 0.05) is 5.56 Å². The average Bonchev–Trinajstić information content (AvgIpc) is 2.18. The van der Waals surface area contributed by atoms with E-state index in [2.05, 4.69) is 0 Å². The molecule has 15 heavy (non-hydrogen) atoms. The van der Waals surface area contributed by atoms with Crippen LogP contribution < -0.4 is 4.74 Å². The molecule has 0 bridgehead atoms. The summed E-state index contributed by atoms with van der Waals surface area (Å²) in [5.41, 5.74) is 1.75. The molecule has 0 saturated heterocycles. The molecule has 2 nitrogen and oxygen atoms in total. The average molecular weight is 204 g/mol. The van der Waals surface area contributed by atoms with Crippen LogP contribution in [0.15, 0.2) is 18.2 Å². The van der Waals surface area contributed by atoms with Crippen molar-refractivity contribution >= 4 is 6.29 Å². The van der Waals surface area contributed by atoms with Gasteiger partial charge >= 0.3 is 0 Å². The fourth-order valence-electron chi connectivity index (χ4n) is 1.77. The molecule has 1 fully saturated rings. The van der Waals surface area contributed by atoms with Crippen molar-refractivity contribution in [3.63, 3.8) is 0 Å². The minimum Gasteiger partial charge on any atom is -0.493 e. The Morgan fingerprint density at radius 2 is 2.27 bits per heavy atom. The summed E-state index contributed by atoms with van der Waals surface area (Å²) >= 11 is 0. The summed E-state index contributed by atoms with van der Waals surface area (Å²) in [6, 6.07) is 5.55. The number of hydrogen-bond acceptors (Lipinski definition) is 2. The van der Waals surface area contributed by atoms with Crippen molar-refractivity contribution in [2.75, 3.05) is 6.61 Å². The van der Waals surface area contributed by atoms with E-state index in [-0.39, 0.29) is 0 Å². The summed E-state index contributed by atoms with van der Waals surface area (Å²) in [6.07, 6.45) is 4.80. The molecule has 1 aromatic carbocycles. The van der Waals surface area contributed by atoms with Crippen LogP contribution in [0, 0.1) is 12.8 Å². The van der Waals surface area contributed by atoms with Crippen molar-refractivity contribution in [2.45, 2.75) is 26.2 Å². The molecule has 0 N–H and O–H groups in total. The summed E-state index contributed by atoms with van der Waals surface area (Å²) < 4.78 is 5.72. The van der Waals surface area contributed by atoms with Gasteiger partial charge in [-0.2, -0.15) is 0 Å². The van der Waals surface area contributed by atoms with Crippen molar-refractivity contribution < 1.29 is 9.53 Å². The maximum absolute atomic E-state index is 10.6. The van der Waals surface area contributed by atoms with Crippen LogP contribution in [-0.4, -0.2) is 12.9 Å². The van der Waals surface area contributed by atoms with Crippen LogP contribution in [0.5, 0.6) is 5.75 Å². The Morgan fingerprint density at radius 3 is 2.80 bits per heavy atom. The van der Waals surface area contributed by atoms with Crippen molar-refractivity contribution in [2.24, 2.45) is 5.92 Å². The molecule has 2 heteroatoms. The first-order valence-electron chi connectivity index (χ1n) is 5.48. The van der Waals surface area contributed by atoms with Crippen LogP contribution >= 0.6 is 0 Å². The fourth-order valence-corrected chi connectivity index (χ4v) is 1.77. The van der Waals surface area contributed by atoms with E-state index in [9.17, 15) is 4.79 Å². The third kappa shape index (κ3) is 2.38. The number of benzene rings is 1. The van der Waals surface area contributed by atoms with Crippen LogP contribution in [0.3, 0.4) is 0 Å². The van der Waals surface area contributed by atoms with Crippen LogP contribution in [0.1, 0.15) is 35.2 Å². The number of rotatable bonds is 4. The van der Waals surface area contributed by atoms with Gasteiger partial charge in [-0.05, 0) is 49.4 Å². The molecule has 0 spiro atoms. The zero-order chi connectivity index (χ0) is 10.7. The molecule has 0 aromatic heterocycles. The maximum Gasteiger partial charge on any atom is 0.150 e. The molecule has 0 amide bonds. The predicted octanol–water partition coefficient (Wildman–Crippen LogP) is 2.99. The van der Waals surface area contributed by atoms with E-state index in [4.69, 9.17) is 4.74 Å². The SMILES string of the molecule is Cc1cc(C=O)ccc1OCC1CCC1. The van der Waals surface area contributed by atoms with Gasteiger partial charge < -0.3 is 4.74 Å². The van der Waals surface area contributed by atoms with Gasteiger partial charge in [0.2, 0.25) is 0 Å². The van der Waals surface area contributed by atoms with Crippen LogP contribution in [0.2, 0.25) is 0 Å². The van der Waals surface area contributed by atoms with Gasteiger partial charge in [0.15, 0.2) is 0 Å². The normalized spacial score (nSPS) is 15.8. The second-order valence-corrected chi connectivity index (χ2v) is 4.25. The van der Waals surface area contributed by atoms with E-state index in [1.165, 1.54) is 19.3 Å². The Bertz CT molecular complexity index is 354. The van der Waals surface area contributed by atoms with E-state index >= 15 is 0 Å². The van der Waals surface area contributed by atoms with Crippen LogP contribution in [0.4, 0.5) is 0 Å². The lowest BCUT2D eigenvalue weighted by Crippen LogP contribution is -2.19. The smallest absolute Gasteiger partial charge is 0.150 e. The molecule has 1 aromatic rings. The minimum atomic E-state index is 0.712. The molecule has 0 unspecified atom stereocenters. The molecule has 80 valence electrons. The second kappa shape index (κ2) is 4.47. The highest BCUT2D eigenvalue weighted by molar-refractivity contribution is 5.75. The number of hydrogen-bond donors (Lipinski definition) is 0. The molecule has 2 rings (SSSR count). The highest BCUT2D eigenvalue weighted by Crippen LogP contribution is 2.28. The topological polar surface area (TPSA) is 26.3 Å². The Hall–Kier alpha value is -1.31. The third-order valence-electron chi connectivity index (χ3n) is 3.03. The molecule has 0 aliphatic heterocycles. The third-order valence-corrected chi connectivity index (χ3v) is 3.03. The number of aldehydes is 1. The van der Waals surface area contributed by atoms with E-state index < -0.39 is 0 Å². The summed E-state index contributed by atoms with van der Waals surface area (Å²) in [6.45, 7) is 2.80. The molecular formula is C13H16O2. The maximum atomic E-state index is 10.6. The largest absolute Gasteiger partial charge is 0.493 e. The Balaban J connectivity index is 1.97. The predicted molar refractivity (Wildman–Crippen MR) is 59.4 cm³/mol. The van der Waals surface area contributed by atoms with Crippen molar-refractivity contribution in [1.82, 2.24) is 0 Å². The Labute approximate surface area is 90.3 Å². The number of carbonyl (C=O) groups is 1. The molecular weight excluding hydrogens is 188 g/mol. The molecule has 1 aliphatic rings. The van der Waals surface area contributed by atoms with Crippen LogP contribution in [-0.2, 0) is 0 Å². The fraction of sp³-hybridized carbons (Fsp3) is 0.462. The molecule has 0 radical (unpaired) electrons. The first-order valence-corrected chi connectivity index (χ1v) is 5.48. The van der Waals surface area contributed by atoms with Crippen LogP contribution in [0.25, 0.3) is 0 Å². The molecule has 0 heterocycles. The summed E-state index contributed by atoms with van der Waals surface area (Å²) in [5.74, 6) is 1.66. The van der Waals surface area contributed by atoms with E-state index in [1.54, 1.807) is 6.07 Å². The summed E-state index contributed by atoms with van der Waals surface area (Å²) in [7, 11) is 0. The quantitative estimate of drug-likeness (QED) is 0.705. The lowest BCUT2D eigenvalue weighted by molar-refractivity contribution is 0.112. The highest BCUT2D eigenvalue weighted by atomic mass is 16.5. The van der Waals surface area contributed by atoms with Crippen molar-refractivity contribution in [3.05, 3.63) is 29.3 Å². The zero-order valence-electron chi connectivity index (χ0n) is 9.03. The lowest BCUT2D eigenvalue weighted by Gasteiger charge is -2.25. The lowest BCUT2D eigenvalue weighted by atomic mass is 9.86. The monoisotopic (exact) mass is 204 g/mol. The number of ether oxygens (including phenoxy) is 1. The van der Waals surface area contributed by atoms with Gasteiger partial charge in [-0.3, -0.25) is 4.79 Å². The van der Waals surface area contributed by atoms with Gasteiger partial charge in [0.1, 0.15) is 12.0 Å². The Morgan fingerprint density at radius 1 is 1.47 bits per heavy atom. The van der Waals surface area contributed by atoms with Crippen molar-refractivity contribution in [3.8, 4) is 5.75 Å². The van der Waals surface area contributed by atoms with Gasteiger partial charge in [-0.25, -0.2) is 0 Å². The Kier molecular flexibility index (Phi) is 3.05. The molecule has 0 atom stereocenters. The molecule has 1 saturated carbocycles. The minimum absolute atomic E-state index is 0.712. The first-order chi connectivity index (χ1) is 7.29. The van der Waals surface area contributed by atoms with E-state index in [0.29, 0.717) is 5.56 Å². The van der Waals surface area contributed by atoms with Gasteiger partial charge in [0.05, 0.1) is 6.61 Å². The van der Waals surface area contributed by atoms with E-state index in [1.807, 2.05) is 19.1 Å². The summed E-state index contributed by atoms with van der Waals surface area (Å²) in [4.78, 5) is 10.6. The zero-order valence-corrected chi connectivity index (χ0v) is 9.03. The summed E-state index contributed by atoms with van der Waals surface area (Å²) in [5, 5.41) is 0. The van der Waals surface area contributed by atoms with Crippen molar-refractivity contribution in [1.29, 1.82) is 0 Å². The first kappa shape index (κ1) is 10.2. The second-order valence-electron chi connectivity index (χ2n) is 4.25. The van der Waals surface area contributed by atoms with E-state index in [0.717, 1.165) is 30.1 Å².